The number of aromatic nitrogens is 1. The zero-order valence-electron chi connectivity index (χ0n) is 8.26. The monoisotopic (exact) mass is 273 g/mol. The summed E-state index contributed by atoms with van der Waals surface area (Å²) in [4.78, 5) is 25.1. The minimum Gasteiger partial charge on any atom is -0.359 e. The summed E-state index contributed by atoms with van der Waals surface area (Å²) in [7, 11) is 1.56. The molecular formula is C9H12BrN3O2. The number of halogens is 1. The van der Waals surface area contributed by atoms with Gasteiger partial charge in [0.15, 0.2) is 0 Å². The molecule has 0 spiro atoms. The van der Waals surface area contributed by atoms with E-state index in [2.05, 4.69) is 31.5 Å². The van der Waals surface area contributed by atoms with Crippen molar-refractivity contribution < 1.29 is 9.59 Å². The predicted octanol–water partition coefficient (Wildman–Crippen LogP) is 0.643. The molecule has 0 atom stereocenters. The van der Waals surface area contributed by atoms with Gasteiger partial charge in [0.1, 0.15) is 5.69 Å². The van der Waals surface area contributed by atoms with Gasteiger partial charge in [0.05, 0.1) is 0 Å². The van der Waals surface area contributed by atoms with Crippen LogP contribution in [0.15, 0.2) is 16.7 Å². The van der Waals surface area contributed by atoms with Crippen LogP contribution < -0.4 is 10.6 Å². The fourth-order valence-corrected chi connectivity index (χ4v) is 1.35. The Labute approximate surface area is 95.8 Å². The minimum absolute atomic E-state index is 0.0945. The summed E-state index contributed by atoms with van der Waals surface area (Å²) in [5, 5.41) is 5.10. The molecule has 0 aliphatic rings. The number of carbonyl (C=O) groups is 2. The quantitative estimate of drug-likeness (QED) is 0.754. The van der Waals surface area contributed by atoms with E-state index in [1.165, 1.54) is 0 Å². The second kappa shape index (κ2) is 5.55. The Bertz CT molecular complexity index is 362. The van der Waals surface area contributed by atoms with Crippen LogP contribution in [0.3, 0.4) is 0 Å². The van der Waals surface area contributed by atoms with Crippen molar-refractivity contribution >= 4 is 27.7 Å². The topological polar surface area (TPSA) is 74.0 Å². The highest BCUT2D eigenvalue weighted by Gasteiger charge is 2.07. The van der Waals surface area contributed by atoms with E-state index in [0.717, 1.165) is 4.47 Å². The normalized spacial score (nSPS) is 9.73. The maximum absolute atomic E-state index is 11.4. The molecule has 0 saturated heterocycles. The summed E-state index contributed by atoms with van der Waals surface area (Å²) in [6, 6.07) is 1.68. The summed E-state index contributed by atoms with van der Waals surface area (Å²) >= 11 is 3.23. The number of rotatable bonds is 4. The van der Waals surface area contributed by atoms with Gasteiger partial charge in [-0.1, -0.05) is 0 Å². The molecule has 1 heterocycles. The second-order valence-corrected chi connectivity index (χ2v) is 3.83. The molecule has 3 N–H and O–H groups in total. The Kier molecular flexibility index (Phi) is 4.36. The molecule has 6 heteroatoms. The van der Waals surface area contributed by atoms with Gasteiger partial charge in [0.2, 0.25) is 5.91 Å². The second-order valence-electron chi connectivity index (χ2n) is 2.91. The zero-order valence-corrected chi connectivity index (χ0v) is 9.85. The van der Waals surface area contributed by atoms with Gasteiger partial charge >= 0.3 is 0 Å². The highest BCUT2D eigenvalue weighted by molar-refractivity contribution is 9.10. The highest BCUT2D eigenvalue weighted by atomic mass is 79.9. The lowest BCUT2D eigenvalue weighted by molar-refractivity contribution is -0.120. The van der Waals surface area contributed by atoms with Gasteiger partial charge in [-0.25, -0.2) is 0 Å². The molecule has 0 aliphatic carbocycles. The van der Waals surface area contributed by atoms with Crippen LogP contribution in [-0.2, 0) is 4.79 Å². The van der Waals surface area contributed by atoms with E-state index in [9.17, 15) is 9.59 Å². The molecular weight excluding hydrogens is 262 g/mol. The van der Waals surface area contributed by atoms with Gasteiger partial charge in [-0.05, 0) is 22.0 Å². The van der Waals surface area contributed by atoms with E-state index < -0.39 is 0 Å². The number of aromatic amines is 1. The van der Waals surface area contributed by atoms with Crippen molar-refractivity contribution in [1.29, 1.82) is 0 Å². The number of H-pyrrole nitrogens is 1. The molecule has 0 aromatic carbocycles. The third kappa shape index (κ3) is 3.75. The van der Waals surface area contributed by atoms with Crippen LogP contribution in [0, 0.1) is 0 Å². The molecule has 0 fully saturated rings. The fourth-order valence-electron chi connectivity index (χ4n) is 1.01. The molecule has 0 unspecified atom stereocenters. The molecule has 5 nitrogen and oxygen atoms in total. The standard InChI is InChI=1S/C9H12BrN3O2/c1-11-8(14)2-3-12-9(15)7-4-6(10)5-13-7/h4-5,13H,2-3H2,1H3,(H,11,14)(H,12,15). The van der Waals surface area contributed by atoms with E-state index in [1.54, 1.807) is 19.3 Å². The van der Waals surface area contributed by atoms with Gasteiger partial charge in [0.25, 0.3) is 5.91 Å². The largest absolute Gasteiger partial charge is 0.359 e. The minimum atomic E-state index is -0.218. The maximum atomic E-state index is 11.4. The maximum Gasteiger partial charge on any atom is 0.267 e. The Balaban J connectivity index is 2.34. The van der Waals surface area contributed by atoms with Crippen LogP contribution >= 0.6 is 15.9 Å². The average Bonchev–Trinajstić information content (AvgIpc) is 2.64. The first-order chi connectivity index (χ1) is 7.13. The Morgan fingerprint density at radius 2 is 2.27 bits per heavy atom. The highest BCUT2D eigenvalue weighted by Crippen LogP contribution is 2.10. The number of amides is 2. The molecule has 2 amide bonds. The molecule has 82 valence electrons. The lowest BCUT2D eigenvalue weighted by Crippen LogP contribution is -2.29. The van der Waals surface area contributed by atoms with Crippen molar-refractivity contribution in [3.05, 3.63) is 22.4 Å². The van der Waals surface area contributed by atoms with Gasteiger partial charge in [-0.2, -0.15) is 0 Å². The van der Waals surface area contributed by atoms with Crippen molar-refractivity contribution in [3.63, 3.8) is 0 Å². The van der Waals surface area contributed by atoms with Gasteiger partial charge in [-0.15, -0.1) is 0 Å². The third-order valence-corrected chi connectivity index (χ3v) is 2.27. The van der Waals surface area contributed by atoms with Crippen molar-refractivity contribution in [3.8, 4) is 0 Å². The summed E-state index contributed by atoms with van der Waals surface area (Å²) in [6.07, 6.45) is 1.96. The van der Waals surface area contributed by atoms with Crippen LogP contribution in [-0.4, -0.2) is 30.4 Å². The molecule has 1 aromatic heterocycles. The van der Waals surface area contributed by atoms with Crippen molar-refractivity contribution in [2.24, 2.45) is 0 Å². The lowest BCUT2D eigenvalue weighted by Gasteiger charge is -2.02. The van der Waals surface area contributed by atoms with E-state index in [4.69, 9.17) is 0 Å². The van der Waals surface area contributed by atoms with E-state index in [1.807, 2.05) is 0 Å². The average molecular weight is 274 g/mol. The van der Waals surface area contributed by atoms with E-state index >= 15 is 0 Å². The van der Waals surface area contributed by atoms with Crippen LogP contribution in [0.2, 0.25) is 0 Å². The number of carbonyl (C=O) groups excluding carboxylic acids is 2. The number of nitrogens with one attached hydrogen (secondary N) is 3. The predicted molar refractivity (Wildman–Crippen MR) is 59.5 cm³/mol. The van der Waals surface area contributed by atoms with E-state index in [-0.39, 0.29) is 18.2 Å². The SMILES string of the molecule is CNC(=O)CCNC(=O)c1cc(Br)c[nH]1. The van der Waals surface area contributed by atoms with Gasteiger partial charge in [0, 0.05) is 30.7 Å². The van der Waals surface area contributed by atoms with Crippen molar-refractivity contribution in [1.82, 2.24) is 15.6 Å². The lowest BCUT2D eigenvalue weighted by atomic mass is 10.3. The zero-order chi connectivity index (χ0) is 11.3. The number of hydrogen-bond donors (Lipinski definition) is 3. The summed E-state index contributed by atoms with van der Waals surface area (Å²) in [5.74, 6) is -0.312. The van der Waals surface area contributed by atoms with E-state index in [0.29, 0.717) is 12.2 Å². The molecule has 15 heavy (non-hydrogen) atoms. The molecule has 0 saturated carbocycles. The Hall–Kier alpha value is -1.30. The smallest absolute Gasteiger partial charge is 0.267 e. The Morgan fingerprint density at radius 3 is 2.80 bits per heavy atom. The number of hydrogen-bond acceptors (Lipinski definition) is 2. The first-order valence-corrected chi connectivity index (χ1v) is 5.25. The van der Waals surface area contributed by atoms with Gasteiger partial charge < -0.3 is 15.6 Å². The van der Waals surface area contributed by atoms with Gasteiger partial charge in [-0.3, -0.25) is 9.59 Å². The Morgan fingerprint density at radius 1 is 1.53 bits per heavy atom. The third-order valence-electron chi connectivity index (χ3n) is 1.81. The molecule has 0 bridgehead atoms. The van der Waals surface area contributed by atoms with Crippen molar-refractivity contribution in [2.45, 2.75) is 6.42 Å². The first kappa shape index (κ1) is 11.8. The molecule has 1 rings (SSSR count). The first-order valence-electron chi connectivity index (χ1n) is 4.46. The summed E-state index contributed by atoms with van der Waals surface area (Å²) in [6.45, 7) is 0.329. The molecule has 1 aromatic rings. The molecule has 0 radical (unpaired) electrons. The van der Waals surface area contributed by atoms with Crippen LogP contribution in [0.1, 0.15) is 16.9 Å². The van der Waals surface area contributed by atoms with Crippen LogP contribution in [0.25, 0.3) is 0 Å². The summed E-state index contributed by atoms with van der Waals surface area (Å²) < 4.78 is 0.818. The van der Waals surface area contributed by atoms with Crippen molar-refractivity contribution in [2.75, 3.05) is 13.6 Å². The fraction of sp³-hybridized carbons (Fsp3) is 0.333. The summed E-state index contributed by atoms with van der Waals surface area (Å²) in [5.41, 5.74) is 0.471. The van der Waals surface area contributed by atoms with Crippen LogP contribution in [0.5, 0.6) is 0 Å². The van der Waals surface area contributed by atoms with Crippen LogP contribution in [0.4, 0.5) is 0 Å². The molecule has 0 aliphatic heterocycles.